The number of amides is 8. The van der Waals surface area contributed by atoms with Gasteiger partial charge in [-0.05, 0) is 118 Å². The summed E-state index contributed by atoms with van der Waals surface area (Å²) in [5.74, 6) is -3.52. The zero-order valence-corrected chi connectivity index (χ0v) is 46.6. The molecule has 4 heterocycles. The summed E-state index contributed by atoms with van der Waals surface area (Å²) in [7, 11) is 0. The number of nitrogens with two attached hydrogens (primary N) is 1. The zero-order chi connectivity index (χ0) is 57.9. The lowest BCUT2D eigenvalue weighted by Crippen LogP contribution is -2.62. The minimum atomic E-state index is -1.25. The van der Waals surface area contributed by atoms with Crippen LogP contribution in [0, 0.1) is 0 Å². The molecule has 0 saturated carbocycles. The van der Waals surface area contributed by atoms with Gasteiger partial charge in [0.25, 0.3) is 11.5 Å². The molecule has 0 spiro atoms. The molecule has 1 unspecified atom stereocenters. The molecule has 8 amide bonds. The Kier molecular flexibility index (Phi) is 22.3. The number of carbonyl (C=O) groups is 8. The van der Waals surface area contributed by atoms with E-state index in [-0.39, 0.29) is 44.9 Å². The lowest BCUT2D eigenvalue weighted by atomic mass is 10.0. The van der Waals surface area contributed by atoms with Gasteiger partial charge in [-0.25, -0.2) is 9.59 Å². The van der Waals surface area contributed by atoms with Crippen LogP contribution in [0.3, 0.4) is 0 Å². The van der Waals surface area contributed by atoms with E-state index in [9.17, 15) is 43.2 Å². The molecule has 2 aliphatic heterocycles. The van der Waals surface area contributed by atoms with Gasteiger partial charge in [-0.3, -0.25) is 38.5 Å². The Morgan fingerprint density at radius 3 is 2.25 bits per heavy atom. The molecule has 2 aliphatic rings. The number of benzene rings is 2. The summed E-state index contributed by atoms with van der Waals surface area (Å²) in [5.41, 5.74) is 9.50. The Morgan fingerprint density at radius 1 is 0.825 bits per heavy atom. The van der Waals surface area contributed by atoms with Crippen molar-refractivity contribution in [1.82, 2.24) is 40.6 Å². The maximum Gasteiger partial charge on any atom is 0.408 e. The number of urea groups is 1. The molecule has 80 heavy (non-hydrogen) atoms. The molecule has 2 saturated heterocycles. The monoisotopic (exact) mass is 1100 g/mol. The third kappa shape index (κ3) is 18.8. The van der Waals surface area contributed by atoms with E-state index in [4.69, 9.17) is 15.6 Å². The second-order valence-electron chi connectivity index (χ2n) is 22.0. The van der Waals surface area contributed by atoms with E-state index in [1.807, 2.05) is 36.5 Å². The van der Waals surface area contributed by atoms with Crippen LogP contribution >= 0.6 is 0 Å². The summed E-state index contributed by atoms with van der Waals surface area (Å²) in [6.45, 7) is 9.42. The number of anilines is 1. The molecule has 4 atom stereocenters. The van der Waals surface area contributed by atoms with E-state index in [0.29, 0.717) is 36.6 Å². The highest BCUT2D eigenvalue weighted by atomic mass is 16.6. The maximum absolute atomic E-state index is 14.5. The number of fused-ring (bicyclic) bond motifs is 1. The number of nitrogens with zero attached hydrogens (tertiary/aromatic N) is 4. The van der Waals surface area contributed by atoms with Crippen LogP contribution in [-0.4, -0.2) is 121 Å². The van der Waals surface area contributed by atoms with E-state index in [2.05, 4.69) is 51.5 Å². The van der Waals surface area contributed by atoms with Crippen LogP contribution in [0.1, 0.15) is 145 Å². The number of primary amides is 1. The molecule has 0 bridgehead atoms. The molecule has 4 aromatic rings. The van der Waals surface area contributed by atoms with E-state index in [0.717, 1.165) is 83.8 Å². The molecule has 21 heteroatoms. The van der Waals surface area contributed by atoms with Crippen molar-refractivity contribution in [2.75, 3.05) is 25.0 Å². The van der Waals surface area contributed by atoms with Crippen molar-refractivity contribution in [2.24, 2.45) is 5.73 Å². The fourth-order valence-corrected chi connectivity index (χ4v) is 9.87. The van der Waals surface area contributed by atoms with Crippen LogP contribution in [0.25, 0.3) is 11.1 Å². The number of pyridine rings is 2. The standard InChI is InChI=1S/C59H78N10O11/c1-38(2)41-19-17-39(18-20-41)33-63-54(75)47(23-25-50(60)70)65-55(76)49-24-22-46-27-29-67(36-48(56(77)69(46)49)66-58(79)80-59(3,4)5)57(78)62-28-12-10-8-6-7-9-11-14-40-30-44(34-61-32-40)42-15-13-16-43(31-42)53(74)64-45-21-26-51(71)68(35-45)37-52(72)73/h13,15-21,26,30-32,34-35,38,46-49H,6-12,14,22-25,27-29,33,36-37H2,1-5H3,(H2,60,70)(H,62,78)(H,63,75)(H,64,74)(H,65,76)(H,66,79)(H,72,73)/t46-,47?,48+,49+/m1/s1. The number of unbranched alkanes of at least 4 members (excludes halogenated alkanes) is 6. The first kappa shape index (κ1) is 61.1. The smallest absolute Gasteiger partial charge is 0.408 e. The molecule has 0 radical (unpaired) electrons. The van der Waals surface area contributed by atoms with Gasteiger partial charge in [0, 0.05) is 67.9 Å². The normalized spacial score (nSPS) is 16.6. The minimum Gasteiger partial charge on any atom is -0.480 e. The Hall–Kier alpha value is -8.10. The third-order valence-corrected chi connectivity index (χ3v) is 14.1. The summed E-state index contributed by atoms with van der Waals surface area (Å²) < 4.78 is 6.52. The molecule has 8 N–H and O–H groups in total. The number of carboxylic acid groups (broad SMARTS) is 1. The van der Waals surface area contributed by atoms with Gasteiger partial charge in [-0.2, -0.15) is 0 Å². The van der Waals surface area contributed by atoms with Crippen LogP contribution in [0.2, 0.25) is 0 Å². The van der Waals surface area contributed by atoms with E-state index in [1.165, 1.54) is 28.1 Å². The van der Waals surface area contributed by atoms with E-state index < -0.39 is 83.5 Å². The average Bonchev–Trinajstić information content (AvgIpc) is 3.85. The number of rotatable bonds is 25. The van der Waals surface area contributed by atoms with Crippen molar-refractivity contribution in [3.63, 3.8) is 0 Å². The summed E-state index contributed by atoms with van der Waals surface area (Å²) in [4.78, 5) is 125. The van der Waals surface area contributed by atoms with Crippen LogP contribution in [-0.2, 0) is 48.2 Å². The van der Waals surface area contributed by atoms with Crippen molar-refractivity contribution >= 4 is 53.3 Å². The van der Waals surface area contributed by atoms with Gasteiger partial charge in [-0.1, -0.05) is 82.3 Å². The van der Waals surface area contributed by atoms with Gasteiger partial charge in [0.15, 0.2) is 0 Å². The van der Waals surface area contributed by atoms with Gasteiger partial charge in [-0.15, -0.1) is 0 Å². The highest BCUT2D eigenvalue weighted by molar-refractivity contribution is 6.05. The van der Waals surface area contributed by atoms with Gasteiger partial charge < -0.3 is 56.5 Å². The first-order valence-corrected chi connectivity index (χ1v) is 27.7. The van der Waals surface area contributed by atoms with Gasteiger partial charge >= 0.3 is 18.1 Å². The first-order chi connectivity index (χ1) is 38.1. The SMILES string of the molecule is CC(C)c1ccc(CNC(=O)C(CCC(N)=O)NC(=O)[C@@H]2CC[C@@H]3CCN(C(=O)NCCCCCCCCCc4cncc(-c5cccc(C(=O)Nc6ccc(=O)n(CC(=O)O)c6)c5)c4)C[C@H](NC(=O)OC(C)(C)C)C(=O)N32)cc1. The number of hydrogen-bond donors (Lipinski definition) is 7. The molecule has 2 aromatic carbocycles. The maximum atomic E-state index is 14.5. The number of ether oxygens (including phenoxy) is 1. The lowest BCUT2D eigenvalue weighted by Gasteiger charge is -2.39. The van der Waals surface area contributed by atoms with Crippen molar-refractivity contribution in [3.8, 4) is 11.1 Å². The number of aryl methyl sites for hydroxylation is 1. The van der Waals surface area contributed by atoms with Crippen molar-refractivity contribution < 1.29 is 48.2 Å². The Bertz CT molecular complexity index is 2880. The largest absolute Gasteiger partial charge is 0.480 e. The summed E-state index contributed by atoms with van der Waals surface area (Å²) >= 11 is 0. The van der Waals surface area contributed by atoms with Crippen LogP contribution in [0.15, 0.2) is 90.1 Å². The zero-order valence-electron chi connectivity index (χ0n) is 46.6. The number of nitrogens with one attached hydrogen (secondary N) is 5. The number of alkyl carbamates (subject to hydrolysis) is 1. The molecular weight excluding hydrogens is 1020 g/mol. The molecule has 2 fully saturated rings. The average molecular weight is 1100 g/mol. The molecule has 430 valence electrons. The number of aliphatic carboxylic acids is 1. The van der Waals surface area contributed by atoms with Gasteiger partial charge in [0.1, 0.15) is 30.3 Å². The van der Waals surface area contributed by atoms with E-state index in [1.54, 1.807) is 45.2 Å². The second kappa shape index (κ2) is 29.2. The van der Waals surface area contributed by atoms with Gasteiger partial charge in [0.05, 0.1) is 12.2 Å². The Labute approximate surface area is 467 Å². The third-order valence-electron chi connectivity index (χ3n) is 14.1. The summed E-state index contributed by atoms with van der Waals surface area (Å²) in [6, 6.07) is 15.5. The number of carbonyl (C=O) groups excluding carboxylic acids is 7. The number of carboxylic acids is 1. The molecule has 2 aromatic heterocycles. The quantitative estimate of drug-likeness (QED) is 0.0356. The minimum absolute atomic E-state index is 0.0503. The second-order valence-corrected chi connectivity index (χ2v) is 22.0. The molecule has 21 nitrogen and oxygen atoms in total. The fourth-order valence-electron chi connectivity index (χ4n) is 9.87. The predicted molar refractivity (Wildman–Crippen MR) is 301 cm³/mol. The molecular formula is C59H78N10O11. The van der Waals surface area contributed by atoms with Crippen LogP contribution in [0.4, 0.5) is 15.3 Å². The topological polar surface area (TPSA) is 294 Å². The van der Waals surface area contributed by atoms with E-state index >= 15 is 0 Å². The van der Waals surface area contributed by atoms with Crippen LogP contribution < -0.4 is 37.9 Å². The summed E-state index contributed by atoms with van der Waals surface area (Å²) in [6.07, 6.45) is 12.4. The number of aromatic nitrogens is 2. The highest BCUT2D eigenvalue weighted by Gasteiger charge is 2.46. The Morgan fingerprint density at radius 2 is 1.55 bits per heavy atom. The molecule has 6 rings (SSSR count). The van der Waals surface area contributed by atoms with Gasteiger partial charge in [0.2, 0.25) is 23.6 Å². The Balaban J connectivity index is 0.946. The highest BCUT2D eigenvalue weighted by Crippen LogP contribution is 2.30. The predicted octanol–water partition coefficient (Wildman–Crippen LogP) is 6.38. The fraction of sp³-hybridized carbons (Fsp3) is 0.492. The number of hydrogen-bond acceptors (Lipinski definition) is 11. The molecule has 0 aliphatic carbocycles. The summed E-state index contributed by atoms with van der Waals surface area (Å²) in [5, 5.41) is 23.1. The first-order valence-electron chi connectivity index (χ1n) is 27.7. The van der Waals surface area contributed by atoms with Crippen molar-refractivity contribution in [2.45, 2.75) is 167 Å². The van der Waals surface area contributed by atoms with Crippen molar-refractivity contribution in [1.29, 1.82) is 0 Å². The van der Waals surface area contributed by atoms with Crippen LogP contribution in [0.5, 0.6) is 0 Å². The lowest BCUT2D eigenvalue weighted by molar-refractivity contribution is -0.144. The van der Waals surface area contributed by atoms with Crippen molar-refractivity contribution in [3.05, 3.63) is 118 Å².